The molecule has 6 rings (SSSR count). The van der Waals surface area contributed by atoms with Crippen LogP contribution in [0.3, 0.4) is 0 Å². The molecule has 0 fully saturated rings. The number of carbonyl (C=O) groups excluding carboxylic acids is 4. The molecule has 0 aliphatic heterocycles. The zero-order chi connectivity index (χ0) is 45.7. The molecule has 315 valence electrons. The summed E-state index contributed by atoms with van der Waals surface area (Å²) in [5.41, 5.74) is 4.05. The van der Waals surface area contributed by atoms with Crippen molar-refractivity contribution in [3.63, 3.8) is 0 Å². The van der Waals surface area contributed by atoms with Gasteiger partial charge in [-0.15, -0.1) is 0 Å². The van der Waals surface area contributed by atoms with Gasteiger partial charge < -0.3 is 5.32 Å². The molecule has 0 saturated carbocycles. The van der Waals surface area contributed by atoms with E-state index in [1.54, 1.807) is 97.1 Å². The molecule has 0 spiro atoms. The van der Waals surface area contributed by atoms with Gasteiger partial charge in [0.15, 0.2) is 23.1 Å². The highest BCUT2D eigenvalue weighted by molar-refractivity contribution is 6.31. The van der Waals surface area contributed by atoms with Crippen molar-refractivity contribution in [3.8, 4) is 0 Å². The molecule has 0 heterocycles. The third-order valence-corrected chi connectivity index (χ3v) is 5.67. The Morgan fingerprint density at radius 3 is 0.429 bits per heavy atom. The highest BCUT2D eigenvalue weighted by Gasteiger charge is 2.29. The molecular weight excluding hydrogens is 689 g/mol. The number of hydrogen-bond donors (Lipinski definition) is 1. The van der Waals surface area contributed by atoms with Crippen LogP contribution in [0.4, 0.5) is 0 Å². The molecule has 0 aromatic heterocycles. The van der Waals surface area contributed by atoms with Gasteiger partial charge in [0.1, 0.15) is 7.28 Å². The van der Waals surface area contributed by atoms with E-state index in [9.17, 15) is 19.2 Å². The minimum Gasteiger partial charge on any atom is -0.323 e. The largest absolute Gasteiger partial charge is 0.323 e. The molecule has 5 nitrogen and oxygen atoms in total. The Labute approximate surface area is 347 Å². The fourth-order valence-electron chi connectivity index (χ4n) is 4.10. The second kappa shape index (κ2) is 50.6. The van der Waals surface area contributed by atoms with Crippen molar-refractivity contribution in [1.29, 1.82) is 0 Å². The zero-order valence-corrected chi connectivity index (χ0v) is 39.9. The smallest absolute Gasteiger partial charge is 0.194 e. The van der Waals surface area contributed by atoms with Crippen molar-refractivity contribution >= 4 is 30.4 Å². The summed E-state index contributed by atoms with van der Waals surface area (Å²) >= 11 is 0. The Balaban J connectivity index is -0.000000112. The van der Waals surface area contributed by atoms with Gasteiger partial charge in [-0.25, -0.2) is 0 Å². The van der Waals surface area contributed by atoms with E-state index in [1.165, 1.54) is 0 Å². The lowest BCUT2D eigenvalue weighted by molar-refractivity contribution is 0.0979. The molecule has 0 bridgehead atoms. The van der Waals surface area contributed by atoms with E-state index in [2.05, 4.69) is 5.32 Å². The first-order valence-electron chi connectivity index (χ1n) is 21.3. The lowest BCUT2D eigenvalue weighted by Crippen LogP contribution is -2.20. The molecule has 1 radical (unpaired) electrons. The standard InChI is InChI=1S/2C14H8O2.C2H6B.C2H7N.9C2H6/c2*15-13-9-5-1-2-6-10(9)14(16)12-8-4-3-7-11(12)13;2*1-3-2;9*1-2/h2*1-8H;1-2H3;3H,1-2H3;9*1-2H3. The zero-order valence-electron chi connectivity index (χ0n) is 39.9. The van der Waals surface area contributed by atoms with Crippen molar-refractivity contribution in [3.05, 3.63) is 142 Å². The molecule has 56 heavy (non-hydrogen) atoms. The quantitative estimate of drug-likeness (QED) is 0.156. The first-order chi connectivity index (χ1) is 27.4. The summed E-state index contributed by atoms with van der Waals surface area (Å²) in [6.07, 6.45) is 0. The van der Waals surface area contributed by atoms with Gasteiger partial charge in [-0.1, -0.05) is 235 Å². The lowest BCUT2D eigenvalue weighted by atomic mass is 9.84. The minimum atomic E-state index is -0.0641. The van der Waals surface area contributed by atoms with Crippen LogP contribution in [-0.4, -0.2) is 44.5 Å². The summed E-state index contributed by atoms with van der Waals surface area (Å²) in [6.45, 7) is 40.0. The molecule has 0 atom stereocenters. The SMILES string of the molecule is CC.CC.CC.CC.CC.CC.CC.CC.CC.CNC.C[B]C.O=C1c2ccccc2C(=O)c2ccccc21.O=C1c2ccccc2C(=O)c2ccccc21. The van der Waals surface area contributed by atoms with E-state index in [0.29, 0.717) is 44.5 Å². The highest BCUT2D eigenvalue weighted by Crippen LogP contribution is 2.27. The Morgan fingerprint density at radius 1 is 0.286 bits per heavy atom. The van der Waals surface area contributed by atoms with Gasteiger partial charge in [0.25, 0.3) is 0 Å². The molecule has 1 N–H and O–H groups in total. The van der Waals surface area contributed by atoms with Gasteiger partial charge in [0.2, 0.25) is 0 Å². The number of carbonyl (C=O) groups is 4. The maximum absolute atomic E-state index is 12.1. The average molecular weight is 773 g/mol. The summed E-state index contributed by atoms with van der Waals surface area (Å²) in [7, 11) is 5.75. The molecule has 2 aliphatic rings. The van der Waals surface area contributed by atoms with E-state index in [-0.39, 0.29) is 23.1 Å². The van der Waals surface area contributed by atoms with Crippen LogP contribution in [0.15, 0.2) is 97.1 Å². The number of ketones is 4. The fraction of sp³-hybridized carbons (Fsp3) is 0.440. The van der Waals surface area contributed by atoms with Gasteiger partial charge in [-0.3, -0.25) is 19.2 Å². The van der Waals surface area contributed by atoms with Gasteiger partial charge >= 0.3 is 0 Å². The van der Waals surface area contributed by atoms with Crippen LogP contribution in [0.25, 0.3) is 0 Å². The van der Waals surface area contributed by atoms with Gasteiger partial charge in [0, 0.05) is 44.5 Å². The first-order valence-corrected chi connectivity index (χ1v) is 21.3. The molecule has 2 aliphatic carbocycles. The maximum Gasteiger partial charge on any atom is 0.194 e. The minimum absolute atomic E-state index is 0.0641. The fourth-order valence-corrected chi connectivity index (χ4v) is 4.10. The lowest BCUT2D eigenvalue weighted by Gasteiger charge is -2.16. The summed E-state index contributed by atoms with van der Waals surface area (Å²) in [5.74, 6) is -0.256. The van der Waals surface area contributed by atoms with E-state index >= 15 is 0 Å². The van der Waals surface area contributed by atoms with Crippen molar-refractivity contribution < 1.29 is 19.2 Å². The topological polar surface area (TPSA) is 80.3 Å². The van der Waals surface area contributed by atoms with Crippen LogP contribution in [0.5, 0.6) is 0 Å². The van der Waals surface area contributed by atoms with Crippen LogP contribution in [-0.2, 0) is 0 Å². The molecule has 6 heteroatoms. The second-order valence-corrected chi connectivity index (χ2v) is 8.58. The van der Waals surface area contributed by atoms with Crippen molar-refractivity contribution in [1.82, 2.24) is 5.32 Å². The van der Waals surface area contributed by atoms with Crippen molar-refractivity contribution in [2.24, 2.45) is 0 Å². The Hall–Kier alpha value is -4.42. The maximum atomic E-state index is 12.1. The van der Waals surface area contributed by atoms with Crippen molar-refractivity contribution in [2.45, 2.75) is 138 Å². The number of hydrogen-bond acceptors (Lipinski definition) is 5. The second-order valence-electron chi connectivity index (χ2n) is 8.58. The van der Waals surface area contributed by atoms with Gasteiger partial charge in [-0.2, -0.15) is 0 Å². The van der Waals surface area contributed by atoms with E-state index in [4.69, 9.17) is 0 Å². The summed E-state index contributed by atoms with van der Waals surface area (Å²) in [5, 5.41) is 2.75. The van der Waals surface area contributed by atoms with E-state index in [1.807, 2.05) is 160 Å². The number of nitrogens with one attached hydrogen (secondary N) is 1. The number of benzene rings is 4. The normalized spacial score (nSPS) is 9.11. The molecule has 0 saturated heterocycles. The van der Waals surface area contributed by atoms with Crippen LogP contribution in [0.1, 0.15) is 188 Å². The molecule has 4 aromatic rings. The van der Waals surface area contributed by atoms with Gasteiger partial charge in [-0.05, 0) is 14.1 Å². The third kappa shape index (κ3) is 22.8. The highest BCUT2D eigenvalue weighted by atomic mass is 16.1. The van der Waals surface area contributed by atoms with E-state index < -0.39 is 0 Å². The third-order valence-electron chi connectivity index (χ3n) is 5.67. The molecule has 4 aromatic carbocycles. The van der Waals surface area contributed by atoms with Crippen LogP contribution < -0.4 is 5.32 Å². The Bertz CT molecular complexity index is 1170. The molecule has 0 unspecified atom stereocenters. The van der Waals surface area contributed by atoms with Crippen LogP contribution in [0.2, 0.25) is 13.6 Å². The number of fused-ring (bicyclic) bond motifs is 4. The molecular formula is C50H83BNO4. The predicted octanol–water partition coefficient (Wildman–Crippen LogP) is 14.8. The van der Waals surface area contributed by atoms with Crippen molar-refractivity contribution in [2.75, 3.05) is 14.1 Å². The molecule has 0 amide bonds. The number of rotatable bonds is 0. The van der Waals surface area contributed by atoms with Crippen LogP contribution >= 0.6 is 0 Å². The average Bonchev–Trinajstić information content (AvgIpc) is 3.31. The monoisotopic (exact) mass is 773 g/mol. The van der Waals surface area contributed by atoms with Crippen LogP contribution in [0, 0.1) is 0 Å². The first kappa shape index (κ1) is 66.4. The predicted molar refractivity (Wildman–Crippen MR) is 254 cm³/mol. The summed E-state index contributed by atoms with van der Waals surface area (Å²) < 4.78 is 0. The summed E-state index contributed by atoms with van der Waals surface area (Å²) in [6, 6.07) is 27.8. The van der Waals surface area contributed by atoms with E-state index in [0.717, 1.165) is 0 Å². The Kier molecular flexibility index (Phi) is 60.0. The summed E-state index contributed by atoms with van der Waals surface area (Å²) in [4.78, 5) is 48.4. The van der Waals surface area contributed by atoms with Gasteiger partial charge in [0.05, 0.1) is 0 Å². The Morgan fingerprint density at radius 2 is 0.357 bits per heavy atom.